The molecule has 5 nitrogen and oxygen atoms in total. The minimum atomic E-state index is -0.334. The van der Waals surface area contributed by atoms with Gasteiger partial charge in [-0.25, -0.2) is 0 Å². The van der Waals surface area contributed by atoms with Crippen LogP contribution in [-0.2, 0) is 0 Å². The van der Waals surface area contributed by atoms with Crippen molar-refractivity contribution in [2.45, 2.75) is 25.2 Å². The van der Waals surface area contributed by atoms with E-state index >= 15 is 0 Å². The standard InChI is InChI=1S/C19H18N4OS/c1-3-25-19-21-18-16(22-23-19)14-6-4-5-7-15(14)20-17(24-18)13-10-8-12(2)9-11-13/h4-11,17,20H,3H2,1-2H3/t17-/m0/s1. The van der Waals surface area contributed by atoms with Gasteiger partial charge in [-0.05, 0) is 18.7 Å². The second-order valence-electron chi connectivity index (χ2n) is 5.78. The zero-order valence-electron chi connectivity index (χ0n) is 14.1. The predicted molar refractivity (Wildman–Crippen MR) is 99.8 cm³/mol. The lowest BCUT2D eigenvalue weighted by molar-refractivity contribution is 0.225. The van der Waals surface area contributed by atoms with E-state index in [1.54, 1.807) is 11.8 Å². The lowest BCUT2D eigenvalue weighted by atomic mass is 10.1. The van der Waals surface area contributed by atoms with Crippen molar-refractivity contribution in [1.29, 1.82) is 0 Å². The summed E-state index contributed by atoms with van der Waals surface area (Å²) in [6.07, 6.45) is -0.334. The molecule has 0 fully saturated rings. The first-order chi connectivity index (χ1) is 12.2. The molecule has 0 saturated heterocycles. The second-order valence-corrected chi connectivity index (χ2v) is 7.01. The van der Waals surface area contributed by atoms with Crippen LogP contribution in [0.3, 0.4) is 0 Å². The molecule has 4 rings (SSSR count). The van der Waals surface area contributed by atoms with Gasteiger partial charge in [-0.2, -0.15) is 4.98 Å². The molecule has 1 N–H and O–H groups in total. The van der Waals surface area contributed by atoms with Crippen LogP contribution in [0.5, 0.6) is 5.88 Å². The topological polar surface area (TPSA) is 59.9 Å². The van der Waals surface area contributed by atoms with Gasteiger partial charge in [-0.1, -0.05) is 66.7 Å². The largest absolute Gasteiger partial charge is 0.448 e. The van der Waals surface area contributed by atoms with E-state index < -0.39 is 0 Å². The molecule has 0 spiro atoms. The van der Waals surface area contributed by atoms with Crippen molar-refractivity contribution in [3.63, 3.8) is 0 Å². The number of fused-ring (bicyclic) bond motifs is 3. The van der Waals surface area contributed by atoms with Crippen LogP contribution in [0.15, 0.2) is 53.7 Å². The Balaban J connectivity index is 1.82. The lowest BCUT2D eigenvalue weighted by Gasteiger charge is -2.19. The first-order valence-electron chi connectivity index (χ1n) is 8.21. The molecule has 0 bridgehead atoms. The zero-order chi connectivity index (χ0) is 17.2. The third kappa shape index (κ3) is 3.17. The van der Waals surface area contributed by atoms with Crippen LogP contribution >= 0.6 is 11.8 Å². The Hall–Kier alpha value is -2.60. The van der Waals surface area contributed by atoms with E-state index in [1.807, 2.05) is 24.3 Å². The number of nitrogens with one attached hydrogen (secondary N) is 1. The number of para-hydroxylation sites is 1. The highest BCUT2D eigenvalue weighted by Crippen LogP contribution is 2.39. The maximum absolute atomic E-state index is 6.21. The Bertz CT molecular complexity index is 898. The summed E-state index contributed by atoms with van der Waals surface area (Å²) < 4.78 is 6.21. The van der Waals surface area contributed by atoms with Crippen molar-refractivity contribution >= 4 is 17.4 Å². The number of hydrogen-bond acceptors (Lipinski definition) is 6. The number of anilines is 1. The van der Waals surface area contributed by atoms with Crippen LogP contribution in [0, 0.1) is 6.92 Å². The van der Waals surface area contributed by atoms with Gasteiger partial charge < -0.3 is 10.1 Å². The summed E-state index contributed by atoms with van der Waals surface area (Å²) in [7, 11) is 0. The lowest BCUT2D eigenvalue weighted by Crippen LogP contribution is -2.17. The minimum absolute atomic E-state index is 0.334. The molecule has 1 aliphatic rings. The van der Waals surface area contributed by atoms with Crippen LogP contribution in [0.2, 0.25) is 0 Å². The minimum Gasteiger partial charge on any atom is -0.448 e. The van der Waals surface area contributed by atoms with Crippen LogP contribution in [-0.4, -0.2) is 20.9 Å². The van der Waals surface area contributed by atoms with E-state index in [0.29, 0.717) is 16.7 Å². The maximum atomic E-state index is 6.21. The van der Waals surface area contributed by atoms with Crippen LogP contribution in [0.1, 0.15) is 24.3 Å². The van der Waals surface area contributed by atoms with Gasteiger partial charge in [-0.15, -0.1) is 10.2 Å². The second kappa shape index (κ2) is 6.72. The average Bonchev–Trinajstić information content (AvgIpc) is 2.79. The van der Waals surface area contributed by atoms with E-state index in [-0.39, 0.29) is 6.23 Å². The molecule has 126 valence electrons. The molecular formula is C19H18N4OS. The Kier molecular flexibility index (Phi) is 4.28. The number of benzene rings is 2. The Morgan fingerprint density at radius 3 is 2.68 bits per heavy atom. The fourth-order valence-corrected chi connectivity index (χ4v) is 3.23. The highest BCUT2D eigenvalue weighted by Gasteiger charge is 2.25. The van der Waals surface area contributed by atoms with E-state index in [1.165, 1.54) is 5.56 Å². The van der Waals surface area contributed by atoms with Crippen LogP contribution in [0.4, 0.5) is 5.69 Å². The predicted octanol–water partition coefficient (Wildman–Crippen LogP) is 4.46. The number of aryl methyl sites for hydroxylation is 1. The summed E-state index contributed by atoms with van der Waals surface area (Å²) in [5.74, 6) is 1.39. The average molecular weight is 350 g/mol. The summed E-state index contributed by atoms with van der Waals surface area (Å²) in [6, 6.07) is 16.3. The fourth-order valence-electron chi connectivity index (χ4n) is 2.73. The smallest absolute Gasteiger partial charge is 0.247 e. The molecule has 1 aromatic heterocycles. The van der Waals surface area contributed by atoms with Crippen LogP contribution in [0.25, 0.3) is 11.3 Å². The van der Waals surface area contributed by atoms with E-state index in [2.05, 4.69) is 58.6 Å². The van der Waals surface area contributed by atoms with Gasteiger partial charge in [0, 0.05) is 16.8 Å². The third-order valence-electron chi connectivity index (χ3n) is 3.99. The Morgan fingerprint density at radius 1 is 1.08 bits per heavy atom. The van der Waals surface area contributed by atoms with E-state index in [4.69, 9.17) is 4.74 Å². The molecule has 0 amide bonds. The zero-order valence-corrected chi connectivity index (χ0v) is 14.9. The first-order valence-corrected chi connectivity index (χ1v) is 9.20. The molecular weight excluding hydrogens is 332 g/mol. The van der Waals surface area contributed by atoms with Crippen molar-refractivity contribution < 1.29 is 4.74 Å². The van der Waals surface area contributed by atoms with Gasteiger partial charge in [0.25, 0.3) is 0 Å². The summed E-state index contributed by atoms with van der Waals surface area (Å²) >= 11 is 1.55. The molecule has 25 heavy (non-hydrogen) atoms. The quantitative estimate of drug-likeness (QED) is 0.704. The molecule has 2 aromatic carbocycles. The monoisotopic (exact) mass is 350 g/mol. The number of nitrogens with zero attached hydrogens (tertiary/aromatic N) is 3. The first kappa shape index (κ1) is 15.9. The fraction of sp³-hybridized carbons (Fsp3) is 0.211. The number of ether oxygens (including phenoxy) is 1. The molecule has 6 heteroatoms. The van der Waals surface area contributed by atoms with Crippen molar-refractivity contribution in [2.24, 2.45) is 0 Å². The summed E-state index contributed by atoms with van der Waals surface area (Å²) in [5, 5.41) is 12.7. The molecule has 0 saturated carbocycles. The summed E-state index contributed by atoms with van der Waals surface area (Å²) in [6.45, 7) is 4.13. The van der Waals surface area contributed by atoms with Gasteiger partial charge in [-0.3, -0.25) is 0 Å². The number of hydrogen-bond donors (Lipinski definition) is 1. The van der Waals surface area contributed by atoms with Crippen molar-refractivity contribution in [1.82, 2.24) is 15.2 Å². The Morgan fingerprint density at radius 2 is 1.88 bits per heavy atom. The van der Waals surface area contributed by atoms with E-state index in [0.717, 1.165) is 22.6 Å². The molecule has 0 radical (unpaired) electrons. The highest BCUT2D eigenvalue weighted by molar-refractivity contribution is 7.99. The van der Waals surface area contributed by atoms with Gasteiger partial charge in [0.15, 0.2) is 11.9 Å². The molecule has 3 aromatic rings. The molecule has 0 unspecified atom stereocenters. The van der Waals surface area contributed by atoms with Crippen molar-refractivity contribution in [2.75, 3.05) is 11.1 Å². The van der Waals surface area contributed by atoms with Gasteiger partial charge in [0.2, 0.25) is 11.0 Å². The Labute approximate surface area is 150 Å². The third-order valence-corrected chi connectivity index (χ3v) is 4.71. The van der Waals surface area contributed by atoms with Crippen LogP contribution < -0.4 is 10.1 Å². The SMILES string of the molecule is CCSc1nnc2c(n1)O[C@@H](c1ccc(C)cc1)Nc1ccccc1-2. The summed E-state index contributed by atoms with van der Waals surface area (Å²) in [4.78, 5) is 4.58. The number of aromatic nitrogens is 3. The molecule has 2 heterocycles. The van der Waals surface area contributed by atoms with Crippen molar-refractivity contribution in [3.05, 3.63) is 59.7 Å². The molecule has 1 atom stereocenters. The van der Waals surface area contributed by atoms with Gasteiger partial charge in [0.05, 0.1) is 0 Å². The normalized spacial score (nSPS) is 15.4. The van der Waals surface area contributed by atoms with E-state index in [9.17, 15) is 0 Å². The molecule has 0 aliphatic carbocycles. The molecule has 1 aliphatic heterocycles. The highest BCUT2D eigenvalue weighted by atomic mass is 32.2. The maximum Gasteiger partial charge on any atom is 0.247 e. The summed E-state index contributed by atoms with van der Waals surface area (Å²) in [5.41, 5.74) is 4.82. The van der Waals surface area contributed by atoms with Gasteiger partial charge >= 0.3 is 0 Å². The number of thioether (sulfide) groups is 1. The number of rotatable bonds is 3. The van der Waals surface area contributed by atoms with Gasteiger partial charge in [0.1, 0.15) is 0 Å². The van der Waals surface area contributed by atoms with Crippen molar-refractivity contribution in [3.8, 4) is 17.1 Å².